The molecule has 4 nitrogen and oxygen atoms in total. The number of halogens is 2. The summed E-state index contributed by atoms with van der Waals surface area (Å²) in [6.45, 7) is 3.22. The number of sulfonamides is 1. The van der Waals surface area contributed by atoms with Gasteiger partial charge in [0, 0.05) is 8.95 Å². The number of aliphatic hydroxyl groups excluding tert-OH is 1. The number of benzene rings is 1. The number of hydrogen-bond acceptors (Lipinski definition) is 3. The van der Waals surface area contributed by atoms with Crippen LogP contribution in [0.4, 0.5) is 0 Å². The zero-order valence-electron chi connectivity index (χ0n) is 10.1. The normalized spacial score (nSPS) is 15.4. The van der Waals surface area contributed by atoms with Gasteiger partial charge < -0.3 is 5.11 Å². The van der Waals surface area contributed by atoms with Crippen molar-refractivity contribution in [2.45, 2.75) is 30.7 Å². The molecule has 1 atom stereocenters. The van der Waals surface area contributed by atoms with Gasteiger partial charge in [0.05, 0.1) is 17.0 Å². The van der Waals surface area contributed by atoms with E-state index in [-0.39, 0.29) is 11.5 Å². The molecule has 0 amide bonds. The van der Waals surface area contributed by atoms with Gasteiger partial charge in [0.2, 0.25) is 10.0 Å². The van der Waals surface area contributed by atoms with Crippen LogP contribution in [0.1, 0.15) is 20.3 Å². The van der Waals surface area contributed by atoms with Crippen molar-refractivity contribution in [3.63, 3.8) is 0 Å². The summed E-state index contributed by atoms with van der Waals surface area (Å²) in [6, 6.07) is 4.91. The molecule has 0 bridgehead atoms. The van der Waals surface area contributed by atoms with Gasteiger partial charge in [-0.3, -0.25) is 0 Å². The Morgan fingerprint density at radius 1 is 1.39 bits per heavy atom. The second-order valence-electron chi connectivity index (χ2n) is 4.25. The highest BCUT2D eigenvalue weighted by Gasteiger charge is 2.29. The molecular weight excluding hydrogens is 386 g/mol. The zero-order chi connectivity index (χ0) is 14.0. The molecule has 0 heterocycles. The summed E-state index contributed by atoms with van der Waals surface area (Å²) in [5.74, 6) is 0. The number of rotatable bonds is 5. The van der Waals surface area contributed by atoms with Crippen molar-refractivity contribution in [2.75, 3.05) is 6.61 Å². The molecule has 102 valence electrons. The minimum Gasteiger partial charge on any atom is -0.394 e. The molecular formula is C11H15Br2NO3S. The average Bonchev–Trinajstić information content (AvgIpc) is 2.31. The van der Waals surface area contributed by atoms with Gasteiger partial charge in [-0.25, -0.2) is 13.1 Å². The highest BCUT2D eigenvalue weighted by molar-refractivity contribution is 9.11. The molecule has 1 aromatic rings. The molecule has 2 N–H and O–H groups in total. The molecule has 1 rings (SSSR count). The largest absolute Gasteiger partial charge is 0.394 e. The van der Waals surface area contributed by atoms with E-state index in [1.54, 1.807) is 19.1 Å². The third-order valence-corrected chi connectivity index (χ3v) is 5.82. The second kappa shape index (κ2) is 6.00. The first kappa shape index (κ1) is 16.1. The van der Waals surface area contributed by atoms with E-state index in [2.05, 4.69) is 36.6 Å². The number of aliphatic hydroxyl groups is 1. The smallest absolute Gasteiger partial charge is 0.242 e. The van der Waals surface area contributed by atoms with Crippen LogP contribution >= 0.6 is 31.9 Å². The fourth-order valence-corrected chi connectivity index (χ4v) is 4.25. The van der Waals surface area contributed by atoms with Crippen LogP contribution in [0.2, 0.25) is 0 Å². The second-order valence-corrected chi connectivity index (χ2v) is 7.67. The highest BCUT2D eigenvalue weighted by Crippen LogP contribution is 2.26. The minimum atomic E-state index is -3.68. The molecule has 1 unspecified atom stereocenters. The molecule has 0 radical (unpaired) electrons. The van der Waals surface area contributed by atoms with Gasteiger partial charge in [0.15, 0.2) is 0 Å². The minimum absolute atomic E-state index is 0.144. The lowest BCUT2D eigenvalue weighted by Crippen LogP contribution is -2.48. The molecule has 0 aliphatic carbocycles. The van der Waals surface area contributed by atoms with Crippen molar-refractivity contribution in [1.29, 1.82) is 0 Å². The number of hydrogen-bond donors (Lipinski definition) is 2. The third-order valence-electron chi connectivity index (χ3n) is 2.69. The molecule has 0 saturated carbocycles. The summed E-state index contributed by atoms with van der Waals surface area (Å²) in [7, 11) is -3.68. The predicted molar refractivity (Wildman–Crippen MR) is 77.9 cm³/mol. The van der Waals surface area contributed by atoms with Gasteiger partial charge in [-0.2, -0.15) is 0 Å². The van der Waals surface area contributed by atoms with Gasteiger partial charge in [-0.1, -0.05) is 22.9 Å². The maximum Gasteiger partial charge on any atom is 0.242 e. The zero-order valence-corrected chi connectivity index (χ0v) is 14.1. The quantitative estimate of drug-likeness (QED) is 0.798. The molecule has 0 aliphatic rings. The van der Waals surface area contributed by atoms with Crippen LogP contribution in [0, 0.1) is 0 Å². The van der Waals surface area contributed by atoms with E-state index in [1.165, 1.54) is 6.07 Å². The van der Waals surface area contributed by atoms with Crippen LogP contribution in [0.25, 0.3) is 0 Å². The van der Waals surface area contributed by atoms with E-state index in [0.717, 1.165) is 0 Å². The van der Waals surface area contributed by atoms with E-state index in [1.807, 2.05) is 6.92 Å². The van der Waals surface area contributed by atoms with Crippen molar-refractivity contribution < 1.29 is 13.5 Å². The summed E-state index contributed by atoms with van der Waals surface area (Å²) in [4.78, 5) is 0.144. The Morgan fingerprint density at radius 3 is 2.50 bits per heavy atom. The van der Waals surface area contributed by atoms with Crippen LogP contribution in [-0.4, -0.2) is 25.7 Å². The molecule has 0 aromatic heterocycles. The molecule has 0 saturated heterocycles. The van der Waals surface area contributed by atoms with Gasteiger partial charge >= 0.3 is 0 Å². The van der Waals surface area contributed by atoms with Crippen molar-refractivity contribution in [3.05, 3.63) is 27.1 Å². The molecule has 0 spiro atoms. The Labute approximate surface area is 124 Å². The summed E-state index contributed by atoms with van der Waals surface area (Å²) >= 11 is 6.46. The Balaban J connectivity index is 3.18. The average molecular weight is 401 g/mol. The highest BCUT2D eigenvalue weighted by atomic mass is 79.9. The van der Waals surface area contributed by atoms with Crippen molar-refractivity contribution in [2.24, 2.45) is 0 Å². The molecule has 1 aromatic carbocycles. The van der Waals surface area contributed by atoms with Gasteiger partial charge in [0.1, 0.15) is 0 Å². The predicted octanol–water partition coefficient (Wildman–Crippen LogP) is 2.65. The van der Waals surface area contributed by atoms with Gasteiger partial charge in [0.25, 0.3) is 0 Å². The Hall–Kier alpha value is 0.0500. The summed E-state index contributed by atoms with van der Waals surface area (Å²) in [5.41, 5.74) is -0.861. The van der Waals surface area contributed by atoms with E-state index in [0.29, 0.717) is 15.4 Å². The lowest BCUT2D eigenvalue weighted by molar-refractivity contribution is 0.191. The Morgan fingerprint density at radius 2 is 2.00 bits per heavy atom. The van der Waals surface area contributed by atoms with E-state index in [4.69, 9.17) is 0 Å². The fraction of sp³-hybridized carbons (Fsp3) is 0.455. The Bertz CT molecular complexity index is 527. The van der Waals surface area contributed by atoms with Crippen molar-refractivity contribution in [3.8, 4) is 0 Å². The maximum atomic E-state index is 12.3. The third kappa shape index (κ3) is 3.77. The monoisotopic (exact) mass is 399 g/mol. The van der Waals surface area contributed by atoms with Crippen LogP contribution in [0.3, 0.4) is 0 Å². The first-order valence-corrected chi connectivity index (χ1v) is 8.41. The van der Waals surface area contributed by atoms with Crippen molar-refractivity contribution >= 4 is 41.9 Å². The van der Waals surface area contributed by atoms with E-state index >= 15 is 0 Å². The van der Waals surface area contributed by atoms with Crippen LogP contribution in [-0.2, 0) is 10.0 Å². The van der Waals surface area contributed by atoms with Gasteiger partial charge in [-0.15, -0.1) is 0 Å². The fourth-order valence-electron chi connectivity index (χ4n) is 1.28. The molecule has 0 aliphatic heterocycles. The summed E-state index contributed by atoms with van der Waals surface area (Å²) in [5, 5.41) is 9.27. The molecule has 7 heteroatoms. The SMILES string of the molecule is CCC(C)(CO)NS(=O)(=O)c1cc(Br)ccc1Br. The van der Waals surface area contributed by atoms with E-state index < -0.39 is 15.6 Å². The Kier molecular flexibility index (Phi) is 5.37. The van der Waals surface area contributed by atoms with Crippen LogP contribution < -0.4 is 4.72 Å². The lowest BCUT2D eigenvalue weighted by Gasteiger charge is -2.27. The van der Waals surface area contributed by atoms with Gasteiger partial charge in [-0.05, 0) is 47.5 Å². The first-order chi connectivity index (χ1) is 8.24. The lowest BCUT2D eigenvalue weighted by atomic mass is 10.0. The number of nitrogens with one attached hydrogen (secondary N) is 1. The maximum absolute atomic E-state index is 12.3. The van der Waals surface area contributed by atoms with Crippen LogP contribution in [0.15, 0.2) is 32.0 Å². The van der Waals surface area contributed by atoms with Crippen LogP contribution in [0.5, 0.6) is 0 Å². The summed E-state index contributed by atoms with van der Waals surface area (Å²) in [6.07, 6.45) is 0.494. The molecule has 0 fully saturated rings. The van der Waals surface area contributed by atoms with E-state index in [9.17, 15) is 13.5 Å². The first-order valence-electron chi connectivity index (χ1n) is 5.34. The molecule has 18 heavy (non-hydrogen) atoms. The summed E-state index contributed by atoms with van der Waals surface area (Å²) < 4.78 is 28.2. The standard InChI is InChI=1S/C11H15Br2NO3S/c1-3-11(2,7-15)14-18(16,17)10-6-8(12)4-5-9(10)13/h4-6,14-15H,3,7H2,1-2H3. The van der Waals surface area contributed by atoms with Crippen molar-refractivity contribution in [1.82, 2.24) is 4.72 Å². The topological polar surface area (TPSA) is 66.4 Å².